The van der Waals surface area contributed by atoms with Crippen LogP contribution in [0.3, 0.4) is 0 Å². The minimum absolute atomic E-state index is 0.0313. The Bertz CT molecular complexity index is 554. The molecule has 3 atom stereocenters. The van der Waals surface area contributed by atoms with Crippen molar-refractivity contribution in [3.05, 3.63) is 36.0 Å². The molecule has 0 aromatic carbocycles. The molecule has 146 valence electrons. The molecule has 0 bridgehead atoms. The highest BCUT2D eigenvalue weighted by Crippen LogP contribution is 2.34. The van der Waals surface area contributed by atoms with E-state index in [1.807, 2.05) is 38.2 Å². The fraction of sp³-hybridized carbons (Fsp3) is 0.636. The maximum Gasteiger partial charge on any atom is 0.303 e. The third-order valence-corrected chi connectivity index (χ3v) is 4.96. The van der Waals surface area contributed by atoms with Gasteiger partial charge in [0.2, 0.25) is 0 Å². The monoisotopic (exact) mass is 362 g/mol. The first kappa shape index (κ1) is 22.4. The maximum atomic E-state index is 12.3. The Morgan fingerprint density at radius 1 is 1.27 bits per heavy atom. The van der Waals surface area contributed by atoms with E-state index in [9.17, 15) is 14.7 Å². The number of allylic oxidation sites excluding steroid dienone is 5. The molecule has 26 heavy (non-hydrogen) atoms. The van der Waals surface area contributed by atoms with Crippen LogP contribution in [0, 0.1) is 11.8 Å². The van der Waals surface area contributed by atoms with Gasteiger partial charge in [0.15, 0.2) is 5.78 Å². The third kappa shape index (κ3) is 8.13. The summed E-state index contributed by atoms with van der Waals surface area (Å²) in [5.41, 5.74) is 0.207. The van der Waals surface area contributed by atoms with E-state index in [0.717, 1.165) is 31.3 Å². The van der Waals surface area contributed by atoms with Gasteiger partial charge >= 0.3 is 5.97 Å². The Morgan fingerprint density at radius 2 is 2.00 bits per heavy atom. The first-order chi connectivity index (χ1) is 12.3. The Kier molecular flexibility index (Phi) is 9.57. The summed E-state index contributed by atoms with van der Waals surface area (Å²) in [5, 5.41) is 19.1. The highest BCUT2D eigenvalue weighted by atomic mass is 16.4. The lowest BCUT2D eigenvalue weighted by atomic mass is 9.86. The zero-order valence-corrected chi connectivity index (χ0v) is 16.4. The predicted molar refractivity (Wildman–Crippen MR) is 105 cm³/mol. The molecule has 0 aromatic rings. The number of aliphatic hydroxyl groups is 1. The molecule has 0 spiro atoms. The Morgan fingerprint density at radius 3 is 2.65 bits per heavy atom. The average molecular weight is 363 g/mol. The number of hydrogen-bond acceptors (Lipinski definition) is 3. The third-order valence-electron chi connectivity index (χ3n) is 4.96. The van der Waals surface area contributed by atoms with Crippen molar-refractivity contribution < 1.29 is 19.8 Å². The number of carboxylic acids is 1. The lowest BCUT2D eigenvalue weighted by Crippen LogP contribution is -2.22. The van der Waals surface area contributed by atoms with E-state index in [0.29, 0.717) is 19.3 Å². The molecule has 0 fully saturated rings. The lowest BCUT2D eigenvalue weighted by molar-refractivity contribution is -0.137. The average Bonchev–Trinajstić information content (AvgIpc) is 2.82. The lowest BCUT2D eigenvalue weighted by Gasteiger charge is -2.21. The van der Waals surface area contributed by atoms with Crippen molar-refractivity contribution in [1.82, 2.24) is 0 Å². The van der Waals surface area contributed by atoms with Crippen LogP contribution in [0.25, 0.3) is 0 Å². The Hall–Kier alpha value is -1.68. The predicted octanol–water partition coefficient (Wildman–Crippen LogP) is 4.84. The van der Waals surface area contributed by atoms with Crippen LogP contribution < -0.4 is 0 Å². The standard InChI is InChI=1S/C22H34O4/c1-4-5-10-14-22(3,26)15-13-18-17(2)16-20(23)19(18)11-8-6-7-9-12-21(24)25/h6,8,13,15-16,18-19,26H,4-5,7,9-12,14H2,1-3H3,(H,24,25)/t18-,19+,22?/m0/s1. The summed E-state index contributed by atoms with van der Waals surface area (Å²) in [7, 11) is 0. The summed E-state index contributed by atoms with van der Waals surface area (Å²) >= 11 is 0. The van der Waals surface area contributed by atoms with Crippen molar-refractivity contribution in [2.75, 3.05) is 0 Å². The van der Waals surface area contributed by atoms with Gasteiger partial charge < -0.3 is 10.2 Å². The second-order valence-electron chi connectivity index (χ2n) is 7.59. The van der Waals surface area contributed by atoms with Gasteiger partial charge in [0.1, 0.15) is 0 Å². The van der Waals surface area contributed by atoms with Crippen LogP contribution in [0.4, 0.5) is 0 Å². The van der Waals surface area contributed by atoms with Gasteiger partial charge in [-0.3, -0.25) is 9.59 Å². The fourth-order valence-corrected chi connectivity index (χ4v) is 3.33. The van der Waals surface area contributed by atoms with Crippen molar-refractivity contribution in [2.24, 2.45) is 11.8 Å². The molecule has 0 saturated heterocycles. The molecule has 0 amide bonds. The van der Waals surface area contributed by atoms with Crippen molar-refractivity contribution in [1.29, 1.82) is 0 Å². The van der Waals surface area contributed by atoms with Crippen LogP contribution >= 0.6 is 0 Å². The summed E-state index contributed by atoms with van der Waals surface area (Å²) in [4.78, 5) is 22.8. The zero-order valence-electron chi connectivity index (χ0n) is 16.4. The van der Waals surface area contributed by atoms with Gasteiger partial charge in [-0.2, -0.15) is 0 Å². The number of rotatable bonds is 12. The molecule has 4 nitrogen and oxygen atoms in total. The van der Waals surface area contributed by atoms with E-state index in [1.165, 1.54) is 0 Å². The van der Waals surface area contributed by atoms with E-state index in [-0.39, 0.29) is 24.0 Å². The zero-order chi connectivity index (χ0) is 19.6. The van der Waals surface area contributed by atoms with E-state index >= 15 is 0 Å². The number of carbonyl (C=O) groups is 2. The van der Waals surface area contributed by atoms with Crippen molar-refractivity contribution in [2.45, 2.75) is 77.7 Å². The van der Waals surface area contributed by atoms with E-state index in [2.05, 4.69) is 6.92 Å². The number of ketones is 1. The highest BCUT2D eigenvalue weighted by Gasteiger charge is 2.32. The number of carbonyl (C=O) groups excluding carboxylic acids is 1. The SMILES string of the molecule is CCCCCC(C)(O)C=C[C@H]1C(C)=CC(=O)[C@@H]1CC=CCCCC(=O)O. The van der Waals surface area contributed by atoms with Crippen LogP contribution in [-0.2, 0) is 9.59 Å². The van der Waals surface area contributed by atoms with Crippen LogP contribution in [0.1, 0.15) is 72.1 Å². The maximum absolute atomic E-state index is 12.3. The van der Waals surface area contributed by atoms with Crippen molar-refractivity contribution in [3.63, 3.8) is 0 Å². The van der Waals surface area contributed by atoms with Crippen molar-refractivity contribution in [3.8, 4) is 0 Å². The normalized spacial score (nSPS) is 22.9. The minimum atomic E-state index is -0.835. The topological polar surface area (TPSA) is 74.6 Å². The second kappa shape index (κ2) is 11.1. The van der Waals surface area contributed by atoms with Gasteiger partial charge in [0, 0.05) is 18.3 Å². The molecule has 0 aromatic heterocycles. The molecule has 4 heteroatoms. The van der Waals surface area contributed by atoms with Crippen LogP contribution in [0.2, 0.25) is 0 Å². The van der Waals surface area contributed by atoms with Gasteiger partial charge in [-0.05, 0) is 45.6 Å². The van der Waals surface area contributed by atoms with E-state index in [1.54, 1.807) is 6.08 Å². The van der Waals surface area contributed by atoms with E-state index < -0.39 is 11.6 Å². The molecule has 1 aliphatic carbocycles. The summed E-state index contributed by atoms with van der Waals surface area (Å²) in [6, 6.07) is 0. The Balaban J connectivity index is 2.59. The summed E-state index contributed by atoms with van der Waals surface area (Å²) in [5.74, 6) is -0.726. The van der Waals surface area contributed by atoms with Gasteiger partial charge in [-0.25, -0.2) is 0 Å². The number of unbranched alkanes of at least 4 members (excludes halogenated alkanes) is 3. The second-order valence-corrected chi connectivity index (χ2v) is 7.59. The first-order valence-electron chi connectivity index (χ1n) is 9.77. The molecule has 0 aliphatic heterocycles. The van der Waals surface area contributed by atoms with Gasteiger partial charge in [0.25, 0.3) is 0 Å². The quantitative estimate of drug-likeness (QED) is 0.385. The van der Waals surface area contributed by atoms with Gasteiger partial charge in [-0.1, -0.05) is 56.1 Å². The smallest absolute Gasteiger partial charge is 0.303 e. The van der Waals surface area contributed by atoms with Gasteiger partial charge in [-0.15, -0.1) is 0 Å². The molecule has 1 rings (SSSR count). The first-order valence-corrected chi connectivity index (χ1v) is 9.77. The van der Waals surface area contributed by atoms with E-state index in [4.69, 9.17) is 5.11 Å². The number of carboxylic acid groups (broad SMARTS) is 1. The highest BCUT2D eigenvalue weighted by molar-refractivity contribution is 5.96. The number of aliphatic carboxylic acids is 1. The summed E-state index contributed by atoms with van der Waals surface area (Å²) in [6.45, 7) is 5.93. The molecule has 0 radical (unpaired) electrons. The summed E-state index contributed by atoms with van der Waals surface area (Å²) in [6.07, 6.45) is 15.6. The largest absolute Gasteiger partial charge is 0.481 e. The molecule has 1 unspecified atom stereocenters. The van der Waals surface area contributed by atoms with Gasteiger partial charge in [0.05, 0.1) is 5.60 Å². The number of hydrogen-bond donors (Lipinski definition) is 2. The Labute approximate surface area is 157 Å². The van der Waals surface area contributed by atoms with Crippen LogP contribution in [0.5, 0.6) is 0 Å². The molecular formula is C22H34O4. The molecule has 0 heterocycles. The van der Waals surface area contributed by atoms with Crippen molar-refractivity contribution >= 4 is 11.8 Å². The molecule has 0 saturated carbocycles. The molecular weight excluding hydrogens is 328 g/mol. The van der Waals surface area contributed by atoms with Crippen LogP contribution in [-0.4, -0.2) is 27.6 Å². The fourth-order valence-electron chi connectivity index (χ4n) is 3.33. The molecule has 2 N–H and O–H groups in total. The van der Waals surface area contributed by atoms with Crippen LogP contribution in [0.15, 0.2) is 36.0 Å². The minimum Gasteiger partial charge on any atom is -0.481 e. The summed E-state index contributed by atoms with van der Waals surface area (Å²) < 4.78 is 0. The molecule has 1 aliphatic rings.